The molecular formula is C17H21NO4. The molecule has 1 fully saturated rings. The van der Waals surface area contributed by atoms with E-state index in [4.69, 9.17) is 4.42 Å². The van der Waals surface area contributed by atoms with Gasteiger partial charge in [0.1, 0.15) is 5.58 Å². The number of amides is 1. The minimum absolute atomic E-state index is 0.0495. The van der Waals surface area contributed by atoms with Crippen LogP contribution in [-0.2, 0) is 0 Å². The van der Waals surface area contributed by atoms with Gasteiger partial charge in [-0.05, 0) is 31.9 Å². The van der Waals surface area contributed by atoms with Crippen molar-refractivity contribution in [2.45, 2.75) is 26.4 Å². The SMILES string of the molecule is Cc1ccc2c(C)c(C(=O)N3CC[C@H](CO)[C@H](O)C3)oc2c1. The number of aryl methyl sites for hydroxylation is 2. The quantitative estimate of drug-likeness (QED) is 0.888. The summed E-state index contributed by atoms with van der Waals surface area (Å²) in [5, 5.41) is 20.1. The molecule has 5 nitrogen and oxygen atoms in total. The summed E-state index contributed by atoms with van der Waals surface area (Å²) < 4.78 is 5.76. The number of β-amino-alcohol motifs (C(OH)–C–C–N with tert-alkyl or cyclic N) is 1. The Balaban J connectivity index is 1.88. The van der Waals surface area contributed by atoms with Gasteiger partial charge in [-0.15, -0.1) is 0 Å². The summed E-state index contributed by atoms with van der Waals surface area (Å²) in [6.45, 7) is 4.57. The molecule has 0 unspecified atom stereocenters. The fourth-order valence-corrected chi connectivity index (χ4v) is 3.06. The van der Waals surface area contributed by atoms with E-state index in [1.54, 1.807) is 4.90 Å². The fourth-order valence-electron chi connectivity index (χ4n) is 3.06. The molecule has 1 saturated heterocycles. The third kappa shape index (κ3) is 2.51. The number of aliphatic hydroxyl groups excluding tert-OH is 2. The summed E-state index contributed by atoms with van der Waals surface area (Å²) in [4.78, 5) is 14.3. The summed E-state index contributed by atoms with van der Waals surface area (Å²) in [6, 6.07) is 5.88. The highest BCUT2D eigenvalue weighted by molar-refractivity contribution is 5.99. The molecule has 1 aliphatic heterocycles. The lowest BCUT2D eigenvalue weighted by atomic mass is 9.94. The first-order valence-electron chi connectivity index (χ1n) is 7.59. The molecule has 22 heavy (non-hydrogen) atoms. The molecule has 1 aromatic carbocycles. The maximum atomic E-state index is 12.7. The number of furan rings is 1. The zero-order chi connectivity index (χ0) is 15.9. The summed E-state index contributed by atoms with van der Waals surface area (Å²) >= 11 is 0. The van der Waals surface area contributed by atoms with Crippen molar-refractivity contribution in [3.05, 3.63) is 35.1 Å². The first-order valence-corrected chi connectivity index (χ1v) is 7.59. The highest BCUT2D eigenvalue weighted by Gasteiger charge is 2.32. The van der Waals surface area contributed by atoms with E-state index < -0.39 is 6.10 Å². The number of carbonyl (C=O) groups excluding carboxylic acids is 1. The molecule has 0 saturated carbocycles. The Bertz CT molecular complexity index is 706. The van der Waals surface area contributed by atoms with Crippen LogP contribution in [0.5, 0.6) is 0 Å². The monoisotopic (exact) mass is 303 g/mol. The van der Waals surface area contributed by atoms with Crippen molar-refractivity contribution in [2.75, 3.05) is 19.7 Å². The van der Waals surface area contributed by atoms with Crippen LogP contribution in [0.4, 0.5) is 0 Å². The lowest BCUT2D eigenvalue weighted by Gasteiger charge is -2.34. The van der Waals surface area contributed by atoms with Crippen LogP contribution in [0.15, 0.2) is 22.6 Å². The number of rotatable bonds is 2. The number of likely N-dealkylation sites (tertiary alicyclic amines) is 1. The molecule has 2 heterocycles. The summed E-state index contributed by atoms with van der Waals surface area (Å²) in [7, 11) is 0. The third-order valence-corrected chi connectivity index (χ3v) is 4.53. The second kappa shape index (κ2) is 5.74. The van der Waals surface area contributed by atoms with E-state index in [0.29, 0.717) is 24.3 Å². The first kappa shape index (κ1) is 15.1. The van der Waals surface area contributed by atoms with Gasteiger partial charge >= 0.3 is 0 Å². The van der Waals surface area contributed by atoms with Crippen molar-refractivity contribution >= 4 is 16.9 Å². The molecule has 1 aromatic heterocycles. The minimum Gasteiger partial charge on any atom is -0.451 e. The predicted molar refractivity (Wildman–Crippen MR) is 82.8 cm³/mol. The topological polar surface area (TPSA) is 73.9 Å². The van der Waals surface area contributed by atoms with E-state index in [0.717, 1.165) is 16.5 Å². The van der Waals surface area contributed by atoms with Gasteiger partial charge in [-0.1, -0.05) is 12.1 Å². The average molecular weight is 303 g/mol. The molecule has 0 radical (unpaired) electrons. The Labute approximate surface area is 129 Å². The van der Waals surface area contributed by atoms with Crippen LogP contribution in [0.1, 0.15) is 28.1 Å². The lowest BCUT2D eigenvalue weighted by molar-refractivity contribution is -0.000189. The Morgan fingerprint density at radius 3 is 2.86 bits per heavy atom. The number of nitrogens with zero attached hydrogens (tertiary/aromatic N) is 1. The van der Waals surface area contributed by atoms with Gasteiger partial charge in [0.2, 0.25) is 0 Å². The Kier molecular flexibility index (Phi) is 3.93. The largest absolute Gasteiger partial charge is 0.451 e. The highest BCUT2D eigenvalue weighted by atomic mass is 16.3. The van der Waals surface area contributed by atoms with Gasteiger partial charge in [0, 0.05) is 36.6 Å². The van der Waals surface area contributed by atoms with E-state index in [-0.39, 0.29) is 25.0 Å². The molecule has 0 spiro atoms. The summed E-state index contributed by atoms with van der Waals surface area (Å²) in [5.74, 6) is 0.000473. The summed E-state index contributed by atoms with van der Waals surface area (Å²) in [6.07, 6.45) is -0.0865. The van der Waals surface area contributed by atoms with Gasteiger partial charge in [-0.2, -0.15) is 0 Å². The van der Waals surface area contributed by atoms with Crippen LogP contribution < -0.4 is 0 Å². The number of aliphatic hydroxyl groups is 2. The molecular weight excluding hydrogens is 282 g/mol. The van der Waals surface area contributed by atoms with Crippen molar-refractivity contribution in [1.82, 2.24) is 4.90 Å². The van der Waals surface area contributed by atoms with E-state index in [1.807, 2.05) is 32.0 Å². The van der Waals surface area contributed by atoms with Crippen molar-refractivity contribution in [3.8, 4) is 0 Å². The van der Waals surface area contributed by atoms with Crippen LogP contribution in [-0.4, -0.2) is 46.8 Å². The number of carbonyl (C=O) groups is 1. The average Bonchev–Trinajstić information content (AvgIpc) is 2.82. The van der Waals surface area contributed by atoms with E-state index >= 15 is 0 Å². The maximum absolute atomic E-state index is 12.7. The van der Waals surface area contributed by atoms with E-state index in [2.05, 4.69) is 0 Å². The van der Waals surface area contributed by atoms with Crippen LogP contribution in [0, 0.1) is 19.8 Å². The van der Waals surface area contributed by atoms with Gasteiger partial charge in [-0.25, -0.2) is 0 Å². The van der Waals surface area contributed by atoms with E-state index in [9.17, 15) is 15.0 Å². The van der Waals surface area contributed by atoms with Crippen LogP contribution in [0.25, 0.3) is 11.0 Å². The fraction of sp³-hybridized carbons (Fsp3) is 0.471. The molecule has 1 aliphatic rings. The maximum Gasteiger partial charge on any atom is 0.289 e. The Hall–Kier alpha value is -1.85. The second-order valence-corrected chi connectivity index (χ2v) is 6.11. The van der Waals surface area contributed by atoms with Gasteiger partial charge in [-0.3, -0.25) is 4.79 Å². The van der Waals surface area contributed by atoms with Crippen LogP contribution >= 0.6 is 0 Å². The number of fused-ring (bicyclic) bond motifs is 1. The van der Waals surface area contributed by atoms with Crippen molar-refractivity contribution in [2.24, 2.45) is 5.92 Å². The number of hydrogen-bond acceptors (Lipinski definition) is 4. The molecule has 118 valence electrons. The number of hydrogen-bond donors (Lipinski definition) is 2. The normalized spacial score (nSPS) is 22.3. The molecule has 5 heteroatoms. The molecule has 2 aromatic rings. The highest BCUT2D eigenvalue weighted by Crippen LogP contribution is 2.28. The Morgan fingerprint density at radius 2 is 2.18 bits per heavy atom. The van der Waals surface area contributed by atoms with Crippen LogP contribution in [0.3, 0.4) is 0 Å². The zero-order valence-electron chi connectivity index (χ0n) is 12.9. The number of benzene rings is 1. The van der Waals surface area contributed by atoms with Crippen LogP contribution in [0.2, 0.25) is 0 Å². The Morgan fingerprint density at radius 1 is 1.41 bits per heavy atom. The second-order valence-electron chi connectivity index (χ2n) is 6.11. The predicted octanol–water partition coefficient (Wildman–Crippen LogP) is 1.86. The molecule has 0 aliphatic carbocycles. The standard InChI is InChI=1S/C17H21NO4/c1-10-3-4-13-11(2)16(22-15(13)7-10)17(21)18-6-5-12(9-19)14(20)8-18/h3-4,7,12,14,19-20H,5-6,8-9H2,1-2H3/t12-,14-/m1/s1. The minimum atomic E-state index is -0.686. The van der Waals surface area contributed by atoms with Crippen molar-refractivity contribution in [3.63, 3.8) is 0 Å². The van der Waals surface area contributed by atoms with Gasteiger partial charge in [0.15, 0.2) is 5.76 Å². The zero-order valence-corrected chi connectivity index (χ0v) is 12.9. The third-order valence-electron chi connectivity index (χ3n) is 4.53. The van der Waals surface area contributed by atoms with E-state index in [1.165, 1.54) is 0 Å². The molecule has 1 amide bonds. The van der Waals surface area contributed by atoms with Gasteiger partial charge in [0.05, 0.1) is 6.10 Å². The van der Waals surface area contributed by atoms with Gasteiger partial charge in [0.25, 0.3) is 5.91 Å². The lowest BCUT2D eigenvalue weighted by Crippen LogP contribution is -2.47. The first-order chi connectivity index (χ1) is 10.5. The number of piperidine rings is 1. The molecule has 2 atom stereocenters. The summed E-state index contributed by atoms with van der Waals surface area (Å²) in [5.41, 5.74) is 2.63. The smallest absolute Gasteiger partial charge is 0.289 e. The van der Waals surface area contributed by atoms with Gasteiger partial charge < -0.3 is 19.5 Å². The van der Waals surface area contributed by atoms with Crippen molar-refractivity contribution in [1.29, 1.82) is 0 Å². The molecule has 2 N–H and O–H groups in total. The van der Waals surface area contributed by atoms with Crippen molar-refractivity contribution < 1.29 is 19.4 Å². The molecule has 0 bridgehead atoms. The molecule has 3 rings (SSSR count).